The van der Waals surface area contributed by atoms with E-state index in [-0.39, 0.29) is 11.2 Å². The average molecular weight is 482 g/mol. The van der Waals surface area contributed by atoms with Crippen molar-refractivity contribution in [2.75, 3.05) is 17.6 Å². The Morgan fingerprint density at radius 2 is 2.06 bits per heavy atom. The number of hydrogen-bond acceptors (Lipinski definition) is 9. The van der Waals surface area contributed by atoms with E-state index in [1.54, 1.807) is 0 Å². The molecule has 0 saturated heterocycles. The zero-order valence-electron chi connectivity index (χ0n) is 18.3. The topological polar surface area (TPSA) is 111 Å². The van der Waals surface area contributed by atoms with E-state index in [4.69, 9.17) is 22.3 Å². The Balaban J connectivity index is 1.28. The van der Waals surface area contributed by atoms with Gasteiger partial charge in [-0.15, -0.1) is 16.4 Å². The number of nitrogens with one attached hydrogen (secondary N) is 1. The number of nitrogen functional groups attached to an aromatic ring is 1. The second kappa shape index (κ2) is 8.19. The first-order valence-electron chi connectivity index (χ1n) is 11.2. The van der Waals surface area contributed by atoms with E-state index >= 15 is 0 Å². The maximum atomic E-state index is 6.20. The summed E-state index contributed by atoms with van der Waals surface area (Å²) in [6, 6.07) is 2.87. The van der Waals surface area contributed by atoms with Gasteiger partial charge in [-0.25, -0.2) is 4.98 Å². The first kappa shape index (κ1) is 20.8. The van der Waals surface area contributed by atoms with Crippen molar-refractivity contribution in [2.45, 2.75) is 51.6 Å². The van der Waals surface area contributed by atoms with Crippen molar-refractivity contribution >= 4 is 50.7 Å². The van der Waals surface area contributed by atoms with Crippen LogP contribution in [0.2, 0.25) is 5.28 Å². The Morgan fingerprint density at radius 1 is 1.21 bits per heavy atom. The Bertz CT molecular complexity index is 1340. The Hall–Kier alpha value is -2.82. The fraction of sp³-hybridized carbons (Fsp3) is 0.409. The van der Waals surface area contributed by atoms with Crippen molar-refractivity contribution in [3.63, 3.8) is 0 Å². The van der Waals surface area contributed by atoms with Gasteiger partial charge in [0.25, 0.3) is 0 Å². The molecule has 9 nitrogen and oxygen atoms in total. The molecule has 1 fully saturated rings. The molecule has 2 aliphatic rings. The third kappa shape index (κ3) is 3.81. The number of aromatic nitrogens is 6. The van der Waals surface area contributed by atoms with Crippen LogP contribution in [-0.4, -0.2) is 47.2 Å². The van der Waals surface area contributed by atoms with Gasteiger partial charge in [0.15, 0.2) is 5.82 Å². The highest BCUT2D eigenvalue weighted by atomic mass is 35.5. The molecule has 0 unspecified atom stereocenters. The summed E-state index contributed by atoms with van der Waals surface area (Å²) in [6.45, 7) is 4.03. The zero-order chi connectivity index (χ0) is 22.5. The van der Waals surface area contributed by atoms with Crippen molar-refractivity contribution in [3.05, 3.63) is 39.7 Å². The molecule has 5 heterocycles. The molecular weight excluding hydrogens is 458 g/mol. The van der Waals surface area contributed by atoms with Gasteiger partial charge in [-0.2, -0.15) is 14.6 Å². The molecule has 1 aliphatic carbocycles. The first-order chi connectivity index (χ1) is 16.0. The lowest BCUT2D eigenvalue weighted by molar-refractivity contribution is 0.179. The highest BCUT2D eigenvalue weighted by molar-refractivity contribution is 7.17. The number of fused-ring (bicyclic) bond motifs is 2. The third-order valence-corrected chi connectivity index (χ3v) is 7.80. The van der Waals surface area contributed by atoms with Gasteiger partial charge in [-0.1, -0.05) is 12.8 Å². The molecule has 0 radical (unpaired) electrons. The number of pyridine rings is 1. The van der Waals surface area contributed by atoms with Gasteiger partial charge < -0.3 is 11.1 Å². The van der Waals surface area contributed by atoms with Crippen LogP contribution in [0.3, 0.4) is 0 Å². The van der Waals surface area contributed by atoms with Crippen molar-refractivity contribution in [1.29, 1.82) is 0 Å². The highest BCUT2D eigenvalue weighted by Crippen LogP contribution is 2.32. The number of hydrogen-bond donors (Lipinski definition) is 2. The normalized spacial score (nSPS) is 17.0. The fourth-order valence-corrected chi connectivity index (χ4v) is 6.02. The summed E-state index contributed by atoms with van der Waals surface area (Å²) in [5, 5.41) is 9.98. The number of anilines is 3. The summed E-state index contributed by atoms with van der Waals surface area (Å²) < 4.78 is 2.37. The number of rotatable bonds is 4. The lowest BCUT2D eigenvalue weighted by Gasteiger charge is -2.33. The monoisotopic (exact) mass is 481 g/mol. The fourth-order valence-electron chi connectivity index (χ4n) is 4.89. The highest BCUT2D eigenvalue weighted by Gasteiger charge is 2.26. The van der Waals surface area contributed by atoms with Crippen LogP contribution in [0.1, 0.15) is 42.5 Å². The van der Waals surface area contributed by atoms with Crippen LogP contribution < -0.4 is 11.1 Å². The van der Waals surface area contributed by atoms with Crippen LogP contribution in [-0.2, 0) is 13.0 Å². The second-order valence-electron chi connectivity index (χ2n) is 8.73. The van der Waals surface area contributed by atoms with E-state index < -0.39 is 0 Å². The largest absolute Gasteiger partial charge is 0.368 e. The van der Waals surface area contributed by atoms with E-state index in [0.717, 1.165) is 41.0 Å². The molecule has 3 N–H and O–H groups in total. The second-order valence-corrected chi connectivity index (χ2v) is 9.95. The summed E-state index contributed by atoms with van der Waals surface area (Å²) in [5.41, 5.74) is 11.3. The van der Waals surface area contributed by atoms with E-state index in [1.807, 2.05) is 18.5 Å². The molecule has 1 aliphatic heterocycles. The van der Waals surface area contributed by atoms with E-state index in [1.165, 1.54) is 53.0 Å². The van der Waals surface area contributed by atoms with Crippen LogP contribution >= 0.6 is 22.9 Å². The Labute approximate surface area is 200 Å². The van der Waals surface area contributed by atoms with Crippen LogP contribution in [0.15, 0.2) is 17.6 Å². The lowest BCUT2D eigenvalue weighted by Crippen LogP contribution is -2.38. The van der Waals surface area contributed by atoms with E-state index in [0.29, 0.717) is 17.8 Å². The maximum Gasteiger partial charge on any atom is 0.248 e. The van der Waals surface area contributed by atoms with E-state index in [9.17, 15) is 0 Å². The van der Waals surface area contributed by atoms with Crippen molar-refractivity contribution in [3.8, 4) is 5.82 Å². The molecule has 0 amide bonds. The smallest absolute Gasteiger partial charge is 0.248 e. The molecule has 4 aromatic heterocycles. The summed E-state index contributed by atoms with van der Waals surface area (Å²) in [6.07, 6.45) is 8.15. The molecule has 1 saturated carbocycles. The molecule has 0 spiro atoms. The third-order valence-electron chi connectivity index (χ3n) is 6.55. The average Bonchev–Trinajstić information content (AvgIpc) is 3.54. The standard InChI is InChI=1S/C22H24ClN9S/c1-12-11-33-18-17(12)27-20(23)28-19(18)32-21(24)29-22(30-32)26-14-8-13-10-31(15-4-2-3-5-15)7-6-16(13)25-9-14/h8-9,11,15H,2-7,10H2,1H3,(H3,24,26,29,30). The van der Waals surface area contributed by atoms with Crippen LogP contribution in [0.25, 0.3) is 16.0 Å². The van der Waals surface area contributed by atoms with Crippen LogP contribution in [0.4, 0.5) is 17.6 Å². The number of thiophene rings is 1. The van der Waals surface area contributed by atoms with Crippen molar-refractivity contribution < 1.29 is 0 Å². The van der Waals surface area contributed by atoms with E-state index in [2.05, 4.69) is 36.3 Å². The maximum absolute atomic E-state index is 6.20. The number of nitrogens with two attached hydrogens (primary N) is 1. The predicted molar refractivity (Wildman–Crippen MR) is 130 cm³/mol. The molecule has 0 aromatic carbocycles. The van der Waals surface area contributed by atoms with Crippen LogP contribution in [0.5, 0.6) is 0 Å². The van der Waals surface area contributed by atoms with Gasteiger partial charge in [-0.05, 0) is 53.9 Å². The molecule has 33 heavy (non-hydrogen) atoms. The Kier molecular flexibility index (Phi) is 5.16. The first-order valence-corrected chi connectivity index (χ1v) is 12.4. The zero-order valence-corrected chi connectivity index (χ0v) is 19.8. The predicted octanol–water partition coefficient (Wildman–Crippen LogP) is 4.26. The van der Waals surface area contributed by atoms with Crippen molar-refractivity contribution in [2.24, 2.45) is 0 Å². The summed E-state index contributed by atoms with van der Waals surface area (Å²) >= 11 is 7.70. The minimum Gasteiger partial charge on any atom is -0.368 e. The van der Waals surface area contributed by atoms with Crippen LogP contribution in [0, 0.1) is 6.92 Å². The van der Waals surface area contributed by atoms with Gasteiger partial charge in [-0.3, -0.25) is 9.88 Å². The number of halogens is 1. The molecular formula is C22H24ClN9S. The van der Waals surface area contributed by atoms with Gasteiger partial charge in [0.05, 0.1) is 22.1 Å². The molecule has 11 heteroatoms. The molecule has 4 aromatic rings. The molecule has 0 atom stereocenters. The summed E-state index contributed by atoms with van der Waals surface area (Å²) in [4.78, 5) is 20.4. The quantitative estimate of drug-likeness (QED) is 0.416. The van der Waals surface area contributed by atoms with Crippen molar-refractivity contribution in [1.82, 2.24) is 34.6 Å². The molecule has 6 rings (SSSR count). The SMILES string of the molecule is Cc1csc2c(-n3nc(Nc4cnc5c(c4)CN(C4CCCC4)CC5)nc3N)nc(Cl)nc12. The molecule has 170 valence electrons. The minimum atomic E-state index is 0.147. The lowest BCUT2D eigenvalue weighted by atomic mass is 10.0. The van der Waals surface area contributed by atoms with Gasteiger partial charge in [0.1, 0.15) is 0 Å². The summed E-state index contributed by atoms with van der Waals surface area (Å²) in [5.74, 6) is 1.13. The Morgan fingerprint density at radius 3 is 2.91 bits per heavy atom. The van der Waals surface area contributed by atoms with Gasteiger partial charge >= 0.3 is 0 Å². The van der Waals surface area contributed by atoms with Gasteiger partial charge in [0, 0.05) is 31.2 Å². The number of nitrogens with zero attached hydrogens (tertiary/aromatic N) is 7. The summed E-state index contributed by atoms with van der Waals surface area (Å²) in [7, 11) is 0. The minimum absolute atomic E-state index is 0.147. The number of aryl methyl sites for hydroxylation is 1. The van der Waals surface area contributed by atoms with Gasteiger partial charge in [0.2, 0.25) is 17.2 Å². The molecule has 0 bridgehead atoms.